The molecule has 0 unspecified atom stereocenters. The first-order valence-corrected chi connectivity index (χ1v) is 8.56. The number of rotatable bonds is 3. The van der Waals surface area contributed by atoms with Crippen LogP contribution in [0.2, 0.25) is 0 Å². The van der Waals surface area contributed by atoms with Crippen LogP contribution in [-0.4, -0.2) is 45.6 Å². The van der Waals surface area contributed by atoms with Gasteiger partial charge in [0.25, 0.3) is 5.91 Å². The van der Waals surface area contributed by atoms with Gasteiger partial charge in [-0.05, 0) is 31.2 Å². The minimum absolute atomic E-state index is 0.381. The maximum absolute atomic E-state index is 11.9. The third-order valence-electron chi connectivity index (χ3n) is 4.23. The average Bonchev–Trinajstić information content (AvgIpc) is 2.71. The molecule has 0 bridgehead atoms. The van der Waals surface area contributed by atoms with Crippen molar-refractivity contribution < 1.29 is 9.90 Å². The second-order valence-electron chi connectivity index (χ2n) is 6.07. The highest BCUT2D eigenvalue weighted by Gasteiger charge is 2.15. The van der Waals surface area contributed by atoms with E-state index in [1.807, 2.05) is 49.4 Å². The number of benzene rings is 1. The Morgan fingerprint density at radius 3 is 2.89 bits per heavy atom. The molecule has 0 fully saturated rings. The second-order valence-corrected chi connectivity index (χ2v) is 6.07. The van der Waals surface area contributed by atoms with Gasteiger partial charge in [-0.1, -0.05) is 30.0 Å². The van der Waals surface area contributed by atoms with Crippen LogP contribution in [0.1, 0.15) is 12.5 Å². The van der Waals surface area contributed by atoms with Gasteiger partial charge in [0.2, 0.25) is 0 Å². The lowest BCUT2D eigenvalue weighted by molar-refractivity contribution is -0.135. The number of hydrogen-bond donors (Lipinski definition) is 2. The summed E-state index contributed by atoms with van der Waals surface area (Å²) in [6, 6.07) is 13.1. The normalized spacial score (nSPS) is 11.5. The number of amides is 1. The summed E-state index contributed by atoms with van der Waals surface area (Å²) < 4.78 is 0. The summed E-state index contributed by atoms with van der Waals surface area (Å²) in [5.41, 5.74) is 8.85. The van der Waals surface area contributed by atoms with Crippen LogP contribution in [0.15, 0.2) is 48.7 Å². The topological polar surface area (TPSA) is 92.3 Å². The highest BCUT2D eigenvalue weighted by atomic mass is 16.3. The van der Waals surface area contributed by atoms with Gasteiger partial charge in [0.05, 0.1) is 5.69 Å². The van der Waals surface area contributed by atoms with Crippen LogP contribution >= 0.6 is 0 Å². The fraction of sp³-hybridized carbons (Fsp3) is 0.190. The van der Waals surface area contributed by atoms with E-state index < -0.39 is 12.0 Å². The van der Waals surface area contributed by atoms with E-state index in [0.717, 1.165) is 16.6 Å². The number of aliphatic hydroxyl groups is 1. The zero-order valence-corrected chi connectivity index (χ0v) is 15.2. The maximum atomic E-state index is 11.9. The molecule has 0 saturated heterocycles. The first-order valence-electron chi connectivity index (χ1n) is 8.56. The van der Waals surface area contributed by atoms with E-state index in [-0.39, 0.29) is 0 Å². The number of aromatic nitrogens is 2. The van der Waals surface area contributed by atoms with Gasteiger partial charge >= 0.3 is 0 Å². The SMILES string of the molecule is CCN(C)C(=O)[C@H](O)C#Cc1cccc(-c2ccc3ccnc(N)c3n2)c1. The van der Waals surface area contributed by atoms with Gasteiger partial charge in [-0.3, -0.25) is 4.79 Å². The zero-order valence-electron chi connectivity index (χ0n) is 15.2. The molecule has 3 rings (SSSR count). The lowest BCUT2D eigenvalue weighted by Crippen LogP contribution is -2.35. The van der Waals surface area contributed by atoms with Crippen molar-refractivity contribution in [3.63, 3.8) is 0 Å². The van der Waals surface area contributed by atoms with Gasteiger partial charge in [-0.15, -0.1) is 0 Å². The molecule has 1 amide bonds. The molecule has 136 valence electrons. The van der Waals surface area contributed by atoms with Crippen LogP contribution < -0.4 is 5.73 Å². The van der Waals surface area contributed by atoms with Crippen LogP contribution in [0.5, 0.6) is 0 Å². The Hall–Kier alpha value is -3.43. The van der Waals surface area contributed by atoms with Crippen LogP contribution in [0.3, 0.4) is 0 Å². The molecule has 1 atom stereocenters. The van der Waals surface area contributed by atoms with Crippen LogP contribution in [0.4, 0.5) is 5.82 Å². The summed E-state index contributed by atoms with van der Waals surface area (Å²) in [5, 5.41) is 10.8. The Bertz CT molecular complexity index is 1050. The Balaban J connectivity index is 1.90. The lowest BCUT2D eigenvalue weighted by atomic mass is 10.1. The summed E-state index contributed by atoms with van der Waals surface area (Å²) in [6.07, 6.45) is 0.306. The van der Waals surface area contributed by atoms with Crippen molar-refractivity contribution in [3.05, 3.63) is 54.2 Å². The molecular weight excluding hydrogens is 340 g/mol. The minimum atomic E-state index is -1.34. The zero-order chi connectivity index (χ0) is 19.4. The minimum Gasteiger partial charge on any atom is -0.382 e. The Morgan fingerprint density at radius 2 is 2.11 bits per heavy atom. The fourth-order valence-corrected chi connectivity index (χ4v) is 2.56. The average molecular weight is 360 g/mol. The first-order chi connectivity index (χ1) is 13.0. The number of hydrogen-bond acceptors (Lipinski definition) is 5. The number of pyridine rings is 2. The number of anilines is 1. The monoisotopic (exact) mass is 360 g/mol. The summed E-state index contributed by atoms with van der Waals surface area (Å²) in [7, 11) is 1.62. The molecule has 1 aromatic carbocycles. The number of nitrogens with zero attached hydrogens (tertiary/aromatic N) is 3. The fourth-order valence-electron chi connectivity index (χ4n) is 2.56. The van der Waals surface area contributed by atoms with Crippen LogP contribution in [0, 0.1) is 11.8 Å². The lowest BCUT2D eigenvalue weighted by Gasteiger charge is -2.15. The molecule has 27 heavy (non-hydrogen) atoms. The van der Waals surface area contributed by atoms with E-state index >= 15 is 0 Å². The van der Waals surface area contributed by atoms with Crippen molar-refractivity contribution in [1.29, 1.82) is 0 Å². The van der Waals surface area contributed by atoms with E-state index in [1.54, 1.807) is 13.2 Å². The van der Waals surface area contributed by atoms with E-state index in [9.17, 15) is 9.90 Å². The largest absolute Gasteiger partial charge is 0.382 e. The molecule has 3 aromatic rings. The van der Waals surface area contributed by atoms with E-state index in [0.29, 0.717) is 23.4 Å². The Labute approximate surface area is 157 Å². The number of nitrogen functional groups attached to an aromatic ring is 1. The summed E-state index contributed by atoms with van der Waals surface area (Å²) in [5.74, 6) is 5.41. The van der Waals surface area contributed by atoms with Crippen molar-refractivity contribution in [2.45, 2.75) is 13.0 Å². The third kappa shape index (κ3) is 4.05. The van der Waals surface area contributed by atoms with Crippen molar-refractivity contribution >= 4 is 22.6 Å². The van der Waals surface area contributed by atoms with Crippen molar-refractivity contribution in [3.8, 4) is 23.1 Å². The van der Waals surface area contributed by atoms with Crippen molar-refractivity contribution in [2.24, 2.45) is 0 Å². The molecule has 0 aliphatic rings. The summed E-state index contributed by atoms with van der Waals surface area (Å²) in [4.78, 5) is 22.0. The number of fused-ring (bicyclic) bond motifs is 1. The number of aliphatic hydroxyl groups excluding tert-OH is 1. The van der Waals surface area contributed by atoms with Crippen molar-refractivity contribution in [1.82, 2.24) is 14.9 Å². The van der Waals surface area contributed by atoms with Crippen LogP contribution in [0.25, 0.3) is 22.2 Å². The van der Waals surface area contributed by atoms with E-state index in [4.69, 9.17) is 5.73 Å². The quantitative estimate of drug-likeness (QED) is 0.698. The summed E-state index contributed by atoms with van der Waals surface area (Å²) in [6.45, 7) is 2.35. The van der Waals surface area contributed by atoms with Gasteiger partial charge in [-0.2, -0.15) is 0 Å². The molecule has 0 saturated carbocycles. The van der Waals surface area contributed by atoms with Gasteiger partial charge in [-0.25, -0.2) is 9.97 Å². The maximum Gasteiger partial charge on any atom is 0.263 e. The smallest absolute Gasteiger partial charge is 0.263 e. The molecule has 6 heteroatoms. The molecule has 2 aromatic heterocycles. The third-order valence-corrected chi connectivity index (χ3v) is 4.23. The van der Waals surface area contributed by atoms with Gasteiger partial charge in [0, 0.05) is 36.3 Å². The highest BCUT2D eigenvalue weighted by Crippen LogP contribution is 2.23. The second kappa shape index (κ2) is 7.85. The molecule has 3 N–H and O–H groups in total. The molecule has 0 aliphatic heterocycles. The number of likely N-dealkylation sites (N-methyl/N-ethyl adjacent to an activating group) is 1. The van der Waals surface area contributed by atoms with E-state index in [2.05, 4.69) is 21.8 Å². The summed E-state index contributed by atoms with van der Waals surface area (Å²) >= 11 is 0. The van der Waals surface area contributed by atoms with Crippen LogP contribution in [-0.2, 0) is 4.79 Å². The van der Waals surface area contributed by atoms with E-state index in [1.165, 1.54) is 4.90 Å². The predicted octanol–water partition coefficient (Wildman–Crippen LogP) is 2.07. The number of carbonyl (C=O) groups is 1. The number of nitrogens with two attached hydrogens (primary N) is 1. The molecule has 2 heterocycles. The molecular formula is C21H20N4O2. The predicted molar refractivity (Wildman–Crippen MR) is 106 cm³/mol. The van der Waals surface area contributed by atoms with Gasteiger partial charge in [0.1, 0.15) is 11.3 Å². The standard InChI is InChI=1S/C21H20N4O2/c1-3-25(2)21(27)18(26)10-7-14-5-4-6-16(13-14)17-9-8-15-11-12-23-20(22)19(15)24-17/h4-6,8-9,11-13,18,26H,3H2,1-2H3,(H2,22,23)/t18-/m1/s1. The van der Waals surface area contributed by atoms with Gasteiger partial charge < -0.3 is 15.7 Å². The molecule has 0 aliphatic carbocycles. The molecule has 0 radical (unpaired) electrons. The Kier molecular flexibility index (Phi) is 5.34. The Morgan fingerprint density at radius 1 is 1.30 bits per heavy atom. The van der Waals surface area contributed by atoms with Crippen molar-refractivity contribution in [2.75, 3.05) is 19.3 Å². The highest BCUT2D eigenvalue weighted by molar-refractivity contribution is 5.89. The molecule has 6 nitrogen and oxygen atoms in total. The first kappa shape index (κ1) is 18.4. The number of carbonyl (C=O) groups excluding carboxylic acids is 1. The van der Waals surface area contributed by atoms with Gasteiger partial charge in [0.15, 0.2) is 6.10 Å². The molecule has 0 spiro atoms.